The first kappa shape index (κ1) is 17.3. The van der Waals surface area contributed by atoms with Crippen molar-refractivity contribution in [2.24, 2.45) is 0 Å². The van der Waals surface area contributed by atoms with E-state index in [-0.39, 0.29) is 11.5 Å². The van der Waals surface area contributed by atoms with Crippen LogP contribution in [0, 0.1) is 0 Å². The van der Waals surface area contributed by atoms with Gasteiger partial charge in [0.25, 0.3) is 5.91 Å². The van der Waals surface area contributed by atoms with Gasteiger partial charge in [-0.2, -0.15) is 0 Å². The predicted octanol–water partition coefficient (Wildman–Crippen LogP) is 3.27. The zero-order valence-electron chi connectivity index (χ0n) is 12.7. The number of rotatable bonds is 6. The molecule has 5 nitrogen and oxygen atoms in total. The molecule has 0 unspecified atom stereocenters. The lowest BCUT2D eigenvalue weighted by molar-refractivity contribution is -0.129. The van der Waals surface area contributed by atoms with E-state index in [1.54, 1.807) is 23.5 Å². The van der Waals surface area contributed by atoms with E-state index in [0.29, 0.717) is 17.3 Å². The fourth-order valence-corrected chi connectivity index (χ4v) is 2.67. The Bertz CT molecular complexity index is 687. The highest BCUT2D eigenvalue weighted by Crippen LogP contribution is 2.23. The van der Waals surface area contributed by atoms with E-state index in [2.05, 4.69) is 5.32 Å². The van der Waals surface area contributed by atoms with Gasteiger partial charge >= 0.3 is 5.97 Å². The Hall–Kier alpha value is -2.05. The van der Waals surface area contributed by atoms with Gasteiger partial charge in [0.15, 0.2) is 6.10 Å². The van der Waals surface area contributed by atoms with Crippen LogP contribution in [-0.2, 0) is 16.1 Å². The van der Waals surface area contributed by atoms with Crippen molar-refractivity contribution in [1.29, 1.82) is 0 Å². The number of methoxy groups -OCH3 is 1. The molecule has 2 aromatic rings. The average molecular weight is 354 g/mol. The van der Waals surface area contributed by atoms with Crippen molar-refractivity contribution in [2.45, 2.75) is 19.6 Å². The van der Waals surface area contributed by atoms with Crippen LogP contribution >= 0.6 is 22.9 Å². The molecule has 7 heteroatoms. The maximum Gasteiger partial charge on any atom is 0.342 e. The van der Waals surface area contributed by atoms with E-state index in [1.807, 2.05) is 17.5 Å². The fraction of sp³-hybridized carbons (Fsp3) is 0.250. The second-order valence-corrected chi connectivity index (χ2v) is 6.16. The number of hydrogen-bond acceptors (Lipinski definition) is 5. The zero-order valence-corrected chi connectivity index (χ0v) is 14.2. The number of halogens is 1. The number of nitrogens with one attached hydrogen (secondary N) is 1. The summed E-state index contributed by atoms with van der Waals surface area (Å²) in [6.45, 7) is 1.91. The molecule has 0 aliphatic carbocycles. The maximum absolute atomic E-state index is 12.2. The van der Waals surface area contributed by atoms with Crippen molar-refractivity contribution in [3.05, 3.63) is 51.2 Å². The number of esters is 1. The van der Waals surface area contributed by atoms with Gasteiger partial charge in [-0.1, -0.05) is 17.7 Å². The molecule has 1 aromatic carbocycles. The summed E-state index contributed by atoms with van der Waals surface area (Å²) in [5, 5.41) is 5.03. The van der Waals surface area contributed by atoms with Crippen molar-refractivity contribution in [2.75, 3.05) is 7.11 Å². The van der Waals surface area contributed by atoms with E-state index < -0.39 is 12.1 Å². The van der Waals surface area contributed by atoms with Gasteiger partial charge in [0.1, 0.15) is 11.3 Å². The van der Waals surface area contributed by atoms with Crippen LogP contribution in [-0.4, -0.2) is 25.1 Å². The summed E-state index contributed by atoms with van der Waals surface area (Å²) in [6, 6.07) is 8.44. The van der Waals surface area contributed by atoms with E-state index in [4.69, 9.17) is 21.1 Å². The minimum atomic E-state index is -0.925. The first-order chi connectivity index (χ1) is 11.0. The highest BCUT2D eigenvalue weighted by Gasteiger charge is 2.21. The van der Waals surface area contributed by atoms with E-state index in [9.17, 15) is 9.59 Å². The summed E-state index contributed by atoms with van der Waals surface area (Å²) in [5.74, 6) is -0.693. The topological polar surface area (TPSA) is 64.6 Å². The molecule has 1 heterocycles. The largest absolute Gasteiger partial charge is 0.496 e. The van der Waals surface area contributed by atoms with Gasteiger partial charge in [0.2, 0.25) is 0 Å². The monoisotopic (exact) mass is 353 g/mol. The number of ether oxygens (including phenoxy) is 2. The van der Waals surface area contributed by atoms with Crippen LogP contribution in [0.25, 0.3) is 0 Å². The number of amides is 1. The SMILES string of the molecule is COc1ccc(Cl)cc1C(=O)O[C@H](C)C(=O)NCc1cccs1. The van der Waals surface area contributed by atoms with Gasteiger partial charge in [-0.05, 0) is 36.6 Å². The van der Waals surface area contributed by atoms with Crippen molar-refractivity contribution >= 4 is 34.8 Å². The zero-order chi connectivity index (χ0) is 16.8. The van der Waals surface area contributed by atoms with Crippen LogP contribution in [0.4, 0.5) is 0 Å². The van der Waals surface area contributed by atoms with Gasteiger partial charge in [-0.3, -0.25) is 4.79 Å². The fourth-order valence-electron chi connectivity index (χ4n) is 1.85. The molecule has 0 aliphatic heterocycles. The number of carbonyl (C=O) groups is 2. The number of carbonyl (C=O) groups excluding carboxylic acids is 2. The molecule has 0 aliphatic rings. The molecule has 0 saturated heterocycles. The molecule has 23 heavy (non-hydrogen) atoms. The Morgan fingerprint density at radius 2 is 2.13 bits per heavy atom. The molecule has 1 N–H and O–H groups in total. The summed E-state index contributed by atoms with van der Waals surface area (Å²) in [5.41, 5.74) is 0.179. The molecule has 0 spiro atoms. The van der Waals surface area contributed by atoms with Crippen LogP contribution in [0.1, 0.15) is 22.2 Å². The third-order valence-electron chi connectivity index (χ3n) is 3.05. The normalized spacial score (nSPS) is 11.6. The lowest BCUT2D eigenvalue weighted by atomic mass is 10.2. The summed E-state index contributed by atoms with van der Waals surface area (Å²) in [4.78, 5) is 25.2. The highest BCUT2D eigenvalue weighted by molar-refractivity contribution is 7.09. The molecule has 1 aromatic heterocycles. The molecular formula is C16H16ClNO4S. The maximum atomic E-state index is 12.2. The van der Waals surface area contributed by atoms with Crippen LogP contribution < -0.4 is 10.1 Å². The van der Waals surface area contributed by atoms with Crippen molar-refractivity contribution in [1.82, 2.24) is 5.32 Å². The molecule has 0 saturated carbocycles. The third kappa shape index (κ3) is 4.71. The Morgan fingerprint density at radius 1 is 1.35 bits per heavy atom. The van der Waals surface area contributed by atoms with Crippen LogP contribution in [0.3, 0.4) is 0 Å². The van der Waals surface area contributed by atoms with E-state index in [0.717, 1.165) is 4.88 Å². The van der Waals surface area contributed by atoms with Crippen molar-refractivity contribution in [3.8, 4) is 5.75 Å². The Kier molecular flexibility index (Phi) is 6.01. The molecule has 0 fully saturated rings. The smallest absolute Gasteiger partial charge is 0.342 e. The molecule has 0 radical (unpaired) electrons. The summed E-state index contributed by atoms with van der Waals surface area (Å²) in [6.07, 6.45) is -0.925. The highest BCUT2D eigenvalue weighted by atomic mass is 35.5. The summed E-state index contributed by atoms with van der Waals surface area (Å²) < 4.78 is 10.3. The second-order valence-electron chi connectivity index (χ2n) is 4.69. The number of benzene rings is 1. The summed E-state index contributed by atoms with van der Waals surface area (Å²) in [7, 11) is 1.44. The second kappa shape index (κ2) is 7.99. The standard InChI is InChI=1S/C16H16ClNO4S/c1-10(15(19)18-9-12-4-3-7-23-12)22-16(20)13-8-11(17)5-6-14(13)21-2/h3-8,10H,9H2,1-2H3,(H,18,19)/t10-/m1/s1. The van der Waals surface area contributed by atoms with Gasteiger partial charge in [-0.15, -0.1) is 11.3 Å². The van der Waals surface area contributed by atoms with Crippen molar-refractivity contribution in [3.63, 3.8) is 0 Å². The Balaban J connectivity index is 1.96. The lowest BCUT2D eigenvalue weighted by Crippen LogP contribution is -2.35. The molecule has 1 atom stereocenters. The summed E-state index contributed by atoms with van der Waals surface area (Å²) >= 11 is 7.42. The van der Waals surface area contributed by atoms with Gasteiger partial charge in [0, 0.05) is 9.90 Å². The minimum absolute atomic E-state index is 0.179. The molecule has 0 bridgehead atoms. The van der Waals surface area contributed by atoms with E-state index >= 15 is 0 Å². The van der Waals surface area contributed by atoms with Gasteiger partial charge in [-0.25, -0.2) is 4.79 Å². The first-order valence-corrected chi connectivity index (χ1v) is 8.11. The van der Waals surface area contributed by atoms with Gasteiger partial charge < -0.3 is 14.8 Å². The molecular weight excluding hydrogens is 338 g/mol. The first-order valence-electron chi connectivity index (χ1n) is 6.86. The Morgan fingerprint density at radius 3 is 2.78 bits per heavy atom. The third-order valence-corrected chi connectivity index (χ3v) is 4.16. The van der Waals surface area contributed by atoms with Crippen molar-refractivity contribution < 1.29 is 19.1 Å². The van der Waals surface area contributed by atoms with Crippen LogP contribution in [0.2, 0.25) is 5.02 Å². The molecule has 122 valence electrons. The quantitative estimate of drug-likeness (QED) is 0.809. The number of hydrogen-bond donors (Lipinski definition) is 1. The Labute approximate surface area is 143 Å². The molecule has 1 amide bonds. The van der Waals surface area contributed by atoms with E-state index in [1.165, 1.54) is 20.1 Å². The van der Waals surface area contributed by atoms with Crippen LogP contribution in [0.5, 0.6) is 5.75 Å². The predicted molar refractivity (Wildman–Crippen MR) is 89.0 cm³/mol. The number of thiophene rings is 1. The lowest BCUT2D eigenvalue weighted by Gasteiger charge is -2.14. The van der Waals surface area contributed by atoms with Crippen LogP contribution in [0.15, 0.2) is 35.7 Å². The molecule has 2 rings (SSSR count). The van der Waals surface area contributed by atoms with Gasteiger partial charge in [0.05, 0.1) is 13.7 Å². The average Bonchev–Trinajstić information content (AvgIpc) is 3.05. The minimum Gasteiger partial charge on any atom is -0.496 e.